The van der Waals surface area contributed by atoms with Crippen LogP contribution in [0.4, 0.5) is 5.13 Å². The van der Waals surface area contributed by atoms with E-state index in [1.165, 1.54) is 16.2 Å². The monoisotopic (exact) mass is 592 g/mol. The second-order valence-electron chi connectivity index (χ2n) is 8.66. The van der Waals surface area contributed by atoms with Gasteiger partial charge in [-0.15, -0.1) is 0 Å². The van der Waals surface area contributed by atoms with E-state index in [0.29, 0.717) is 46.5 Å². The number of rotatable bonds is 8. The number of fused-ring (bicyclic) bond motifs is 1. The van der Waals surface area contributed by atoms with Gasteiger partial charge in [0.05, 0.1) is 35.0 Å². The molecule has 1 aliphatic heterocycles. The number of halogens is 1. The molecule has 0 bridgehead atoms. The van der Waals surface area contributed by atoms with Crippen molar-refractivity contribution in [1.29, 1.82) is 0 Å². The van der Waals surface area contributed by atoms with E-state index >= 15 is 0 Å². The van der Waals surface area contributed by atoms with Crippen LogP contribution in [-0.4, -0.2) is 35.0 Å². The maximum atomic E-state index is 13.5. The van der Waals surface area contributed by atoms with Gasteiger partial charge < -0.3 is 14.6 Å². The van der Waals surface area contributed by atoms with Crippen LogP contribution < -0.4 is 14.4 Å². The third-order valence-electron chi connectivity index (χ3n) is 6.05. The number of anilines is 1. The highest BCUT2D eigenvalue weighted by Crippen LogP contribution is 2.45. The van der Waals surface area contributed by atoms with E-state index in [2.05, 4.69) is 20.9 Å². The predicted octanol–water partition coefficient (Wildman–Crippen LogP) is 6.87. The zero-order valence-electron chi connectivity index (χ0n) is 20.8. The largest absolute Gasteiger partial charge is 0.507 e. The summed E-state index contributed by atoms with van der Waals surface area (Å²) in [4.78, 5) is 33.0. The van der Waals surface area contributed by atoms with Crippen molar-refractivity contribution < 1.29 is 24.2 Å². The van der Waals surface area contributed by atoms with Crippen molar-refractivity contribution in [2.75, 3.05) is 18.1 Å². The van der Waals surface area contributed by atoms with Gasteiger partial charge in [0, 0.05) is 10.0 Å². The number of nitrogens with zero attached hydrogens (tertiary/aromatic N) is 2. The van der Waals surface area contributed by atoms with Gasteiger partial charge in [-0.25, -0.2) is 4.98 Å². The Labute approximate surface area is 232 Å². The van der Waals surface area contributed by atoms with E-state index in [4.69, 9.17) is 9.47 Å². The molecule has 0 saturated carbocycles. The Hall–Kier alpha value is -3.69. The second-order valence-corrected chi connectivity index (χ2v) is 10.6. The first-order valence-corrected chi connectivity index (χ1v) is 13.8. The summed E-state index contributed by atoms with van der Waals surface area (Å²) in [6, 6.07) is 18.9. The summed E-state index contributed by atoms with van der Waals surface area (Å²) >= 11 is 4.78. The fourth-order valence-corrected chi connectivity index (χ4v) is 5.82. The molecule has 2 heterocycles. The zero-order chi connectivity index (χ0) is 26.8. The van der Waals surface area contributed by atoms with Crippen molar-refractivity contribution in [2.45, 2.75) is 26.3 Å². The smallest absolute Gasteiger partial charge is 0.301 e. The lowest BCUT2D eigenvalue weighted by molar-refractivity contribution is -0.132. The van der Waals surface area contributed by atoms with Crippen molar-refractivity contribution in [3.63, 3.8) is 0 Å². The van der Waals surface area contributed by atoms with Gasteiger partial charge in [0.25, 0.3) is 5.78 Å². The van der Waals surface area contributed by atoms with Gasteiger partial charge in [-0.05, 0) is 61.4 Å². The van der Waals surface area contributed by atoms with E-state index in [-0.39, 0.29) is 11.3 Å². The number of hydrogen-bond acceptors (Lipinski definition) is 7. The molecule has 0 aliphatic carbocycles. The molecule has 1 aliphatic rings. The summed E-state index contributed by atoms with van der Waals surface area (Å²) < 4.78 is 12.9. The van der Waals surface area contributed by atoms with Crippen LogP contribution in [-0.2, 0) is 9.59 Å². The number of benzene rings is 3. The summed E-state index contributed by atoms with van der Waals surface area (Å²) in [7, 11) is 0. The molecule has 4 aromatic rings. The molecule has 3 aromatic carbocycles. The van der Waals surface area contributed by atoms with Gasteiger partial charge in [-0.3, -0.25) is 14.5 Å². The van der Waals surface area contributed by atoms with Crippen LogP contribution in [0, 0.1) is 0 Å². The van der Waals surface area contributed by atoms with Gasteiger partial charge in [0.15, 0.2) is 5.13 Å². The minimum atomic E-state index is -0.875. The van der Waals surface area contributed by atoms with Crippen LogP contribution in [0.2, 0.25) is 0 Å². The molecule has 38 heavy (non-hydrogen) atoms. The second kappa shape index (κ2) is 11.0. The number of carbonyl (C=O) groups excluding carboxylic acids is 2. The lowest BCUT2D eigenvalue weighted by Gasteiger charge is -2.23. The highest BCUT2D eigenvalue weighted by atomic mass is 79.9. The van der Waals surface area contributed by atoms with Gasteiger partial charge >= 0.3 is 5.91 Å². The normalized spacial score (nSPS) is 16.8. The van der Waals surface area contributed by atoms with Crippen molar-refractivity contribution in [3.05, 3.63) is 87.9 Å². The zero-order valence-corrected chi connectivity index (χ0v) is 23.2. The number of amides is 1. The van der Waals surface area contributed by atoms with E-state index in [0.717, 1.165) is 15.6 Å². The molecule has 1 saturated heterocycles. The van der Waals surface area contributed by atoms with Crippen molar-refractivity contribution >= 4 is 60.1 Å². The van der Waals surface area contributed by atoms with E-state index in [9.17, 15) is 14.7 Å². The fourth-order valence-electron chi connectivity index (χ4n) is 4.38. The average molecular weight is 593 g/mol. The lowest BCUT2D eigenvalue weighted by Crippen LogP contribution is -2.29. The molecule has 194 valence electrons. The molecular formula is C29H25BrN2O5S. The first kappa shape index (κ1) is 25.9. The molecule has 1 amide bonds. The Balaban J connectivity index is 1.66. The number of aliphatic hydroxyl groups excluding tert-OH is 1. The Morgan fingerprint density at radius 1 is 1.03 bits per heavy atom. The summed E-state index contributed by atoms with van der Waals surface area (Å²) in [5.41, 5.74) is 1.73. The molecule has 5 rings (SSSR count). The number of ether oxygens (including phenoxy) is 2. The van der Waals surface area contributed by atoms with E-state index < -0.39 is 17.7 Å². The van der Waals surface area contributed by atoms with Crippen LogP contribution in [0.25, 0.3) is 16.0 Å². The predicted molar refractivity (Wildman–Crippen MR) is 152 cm³/mol. The maximum Gasteiger partial charge on any atom is 0.301 e. The average Bonchev–Trinajstić information content (AvgIpc) is 3.45. The van der Waals surface area contributed by atoms with Crippen LogP contribution in [0.5, 0.6) is 11.5 Å². The SMILES string of the molecule is CCCOc1cccc(/C(O)=C2\C(=O)C(=O)N(c3nc4ccc(OCC)cc4s3)C2c2cccc(Br)c2)c1. The number of aliphatic hydroxyl groups is 1. The quantitative estimate of drug-likeness (QED) is 0.136. The van der Waals surface area contributed by atoms with Crippen LogP contribution in [0.15, 0.2) is 76.8 Å². The molecule has 1 fully saturated rings. The third-order valence-corrected chi connectivity index (χ3v) is 7.57. The van der Waals surface area contributed by atoms with Crippen LogP contribution in [0.1, 0.15) is 37.4 Å². The highest BCUT2D eigenvalue weighted by Gasteiger charge is 2.48. The molecule has 0 radical (unpaired) electrons. The first-order valence-electron chi connectivity index (χ1n) is 12.2. The van der Waals surface area contributed by atoms with Crippen LogP contribution >= 0.6 is 27.3 Å². The summed E-state index contributed by atoms with van der Waals surface area (Å²) in [6.45, 7) is 4.96. The minimum absolute atomic E-state index is 0.00463. The van der Waals surface area contributed by atoms with E-state index in [1.54, 1.807) is 24.3 Å². The van der Waals surface area contributed by atoms with Gasteiger partial charge in [0.1, 0.15) is 17.3 Å². The fraction of sp³-hybridized carbons (Fsp3) is 0.207. The standard InChI is InChI=1S/C29H25BrN2O5S/c1-3-13-37-20-10-6-8-18(15-20)26(33)24-25(17-7-5-9-19(30)14-17)32(28(35)27(24)34)29-31-22-12-11-21(36-4-2)16-23(22)38-29/h5-12,14-16,25,33H,3-4,13H2,1-2H3/b26-24+. The molecule has 0 spiro atoms. The van der Waals surface area contributed by atoms with E-state index in [1.807, 2.05) is 56.3 Å². The van der Waals surface area contributed by atoms with Crippen LogP contribution in [0.3, 0.4) is 0 Å². The van der Waals surface area contributed by atoms with Gasteiger partial charge in [-0.1, -0.05) is 58.5 Å². The summed E-state index contributed by atoms with van der Waals surface area (Å²) in [5, 5.41) is 11.8. The molecule has 7 nitrogen and oxygen atoms in total. The maximum absolute atomic E-state index is 13.5. The van der Waals surface area contributed by atoms with Gasteiger partial charge in [-0.2, -0.15) is 0 Å². The summed E-state index contributed by atoms with van der Waals surface area (Å²) in [6.07, 6.45) is 0.832. The van der Waals surface area contributed by atoms with Crippen molar-refractivity contribution in [2.24, 2.45) is 0 Å². The molecule has 1 unspecified atom stereocenters. The molecule has 1 N–H and O–H groups in total. The Morgan fingerprint density at radius 3 is 2.58 bits per heavy atom. The molecular weight excluding hydrogens is 568 g/mol. The Kier molecular flexibility index (Phi) is 7.49. The number of ketones is 1. The Bertz CT molecular complexity index is 1560. The highest BCUT2D eigenvalue weighted by molar-refractivity contribution is 9.10. The third kappa shape index (κ3) is 4.91. The Morgan fingerprint density at radius 2 is 1.82 bits per heavy atom. The van der Waals surface area contributed by atoms with Gasteiger partial charge in [0.2, 0.25) is 0 Å². The lowest BCUT2D eigenvalue weighted by atomic mass is 9.95. The minimum Gasteiger partial charge on any atom is -0.507 e. The van der Waals surface area contributed by atoms with Crippen molar-refractivity contribution in [3.8, 4) is 11.5 Å². The number of hydrogen-bond donors (Lipinski definition) is 1. The van der Waals surface area contributed by atoms with Crippen molar-refractivity contribution in [1.82, 2.24) is 4.98 Å². The summed E-state index contributed by atoms with van der Waals surface area (Å²) in [5.74, 6) is -0.524. The number of carbonyl (C=O) groups is 2. The first-order chi connectivity index (χ1) is 18.4. The molecule has 1 atom stereocenters. The number of aromatic nitrogens is 1. The topological polar surface area (TPSA) is 89.0 Å². The molecule has 9 heteroatoms. The molecule has 1 aromatic heterocycles. The number of Topliss-reactive ketones (excluding diaryl/α,β-unsaturated/α-hetero) is 1. The number of thiazole rings is 1.